The van der Waals surface area contributed by atoms with Crippen molar-refractivity contribution in [1.29, 1.82) is 0 Å². The van der Waals surface area contributed by atoms with Crippen molar-refractivity contribution in [1.82, 2.24) is 10.1 Å². The highest BCUT2D eigenvalue weighted by Crippen LogP contribution is 2.34. The smallest absolute Gasteiger partial charge is 0.249 e. The summed E-state index contributed by atoms with van der Waals surface area (Å²) < 4.78 is 11.1. The highest BCUT2D eigenvalue weighted by molar-refractivity contribution is 7.99. The van der Waals surface area contributed by atoms with E-state index in [1.54, 1.807) is 0 Å². The number of nitrogens with one attached hydrogen (secondary N) is 1. The van der Waals surface area contributed by atoms with Crippen LogP contribution in [0.15, 0.2) is 28.8 Å². The first kappa shape index (κ1) is 12.2. The number of nitrogens with zero attached hydrogens (tertiary/aromatic N) is 2. The summed E-state index contributed by atoms with van der Waals surface area (Å²) in [5.74, 6) is 3.26. The molecule has 0 radical (unpaired) electrons. The van der Waals surface area contributed by atoms with Crippen LogP contribution in [0.5, 0.6) is 0 Å². The maximum absolute atomic E-state index is 5.68. The first-order valence-electron chi connectivity index (χ1n) is 6.77. The van der Waals surface area contributed by atoms with E-state index in [0.717, 1.165) is 30.2 Å². The fraction of sp³-hybridized carbons (Fsp3) is 0.429. The molecule has 0 spiro atoms. The average molecular weight is 289 g/mol. The second-order valence-electron chi connectivity index (χ2n) is 4.98. The van der Waals surface area contributed by atoms with Crippen LogP contribution in [0.1, 0.15) is 29.4 Å². The minimum atomic E-state index is -0.0324. The minimum absolute atomic E-state index is 0.0324. The number of anilines is 1. The lowest BCUT2D eigenvalue weighted by atomic mass is 10.1. The lowest BCUT2D eigenvalue weighted by Crippen LogP contribution is -2.17. The molecular formula is C14H15N3O2S. The van der Waals surface area contributed by atoms with Crippen molar-refractivity contribution in [2.24, 2.45) is 0 Å². The van der Waals surface area contributed by atoms with Crippen LogP contribution < -0.4 is 5.32 Å². The monoisotopic (exact) mass is 289 g/mol. The summed E-state index contributed by atoms with van der Waals surface area (Å²) in [4.78, 5) is 4.52. The second kappa shape index (κ2) is 5.10. The molecule has 2 atom stereocenters. The van der Waals surface area contributed by atoms with Crippen LogP contribution in [-0.2, 0) is 11.2 Å². The van der Waals surface area contributed by atoms with E-state index >= 15 is 0 Å². The van der Waals surface area contributed by atoms with Crippen molar-refractivity contribution in [2.75, 3.05) is 23.4 Å². The first-order chi connectivity index (χ1) is 9.90. The Hall–Kier alpha value is -1.53. The average Bonchev–Trinajstić information content (AvgIpc) is 3.14. The largest absolute Gasteiger partial charge is 0.373 e. The fourth-order valence-electron chi connectivity index (χ4n) is 2.60. The molecule has 1 aromatic heterocycles. The molecule has 0 aliphatic carbocycles. The fourth-order valence-corrected chi connectivity index (χ4v) is 3.44. The SMILES string of the molecule is c1ccc2c(c1)CC(c1nc(C3CSCCO3)no1)N2. The molecule has 3 heterocycles. The van der Waals surface area contributed by atoms with Gasteiger partial charge in [0.15, 0.2) is 0 Å². The number of fused-ring (bicyclic) bond motifs is 1. The molecule has 4 rings (SSSR count). The Morgan fingerprint density at radius 1 is 1.30 bits per heavy atom. The van der Waals surface area contributed by atoms with E-state index in [1.807, 2.05) is 17.8 Å². The molecule has 2 unspecified atom stereocenters. The van der Waals surface area contributed by atoms with Crippen LogP contribution >= 0.6 is 11.8 Å². The van der Waals surface area contributed by atoms with Gasteiger partial charge in [-0.2, -0.15) is 16.7 Å². The summed E-state index contributed by atoms with van der Waals surface area (Å²) in [6, 6.07) is 8.36. The molecule has 6 heteroatoms. The summed E-state index contributed by atoms with van der Waals surface area (Å²) >= 11 is 1.87. The Balaban J connectivity index is 1.52. The molecule has 0 bridgehead atoms. The Bertz CT molecular complexity index is 585. The Labute approximate surface area is 121 Å². The molecule has 1 saturated heterocycles. The third kappa shape index (κ3) is 2.19. The van der Waals surface area contributed by atoms with E-state index in [-0.39, 0.29) is 12.1 Å². The summed E-state index contributed by atoms with van der Waals surface area (Å²) in [6.07, 6.45) is 0.855. The summed E-state index contributed by atoms with van der Waals surface area (Å²) in [5.41, 5.74) is 2.45. The molecule has 2 aliphatic heterocycles. The predicted octanol–water partition coefficient (Wildman–Crippen LogP) is 2.58. The lowest BCUT2D eigenvalue weighted by Gasteiger charge is -2.18. The molecule has 5 nitrogen and oxygen atoms in total. The maximum Gasteiger partial charge on any atom is 0.249 e. The van der Waals surface area contributed by atoms with Gasteiger partial charge in [-0.3, -0.25) is 0 Å². The van der Waals surface area contributed by atoms with Crippen molar-refractivity contribution in [3.05, 3.63) is 41.5 Å². The lowest BCUT2D eigenvalue weighted by molar-refractivity contribution is 0.0677. The van der Waals surface area contributed by atoms with E-state index in [9.17, 15) is 0 Å². The van der Waals surface area contributed by atoms with Gasteiger partial charge in [-0.05, 0) is 11.6 Å². The second-order valence-corrected chi connectivity index (χ2v) is 6.13. The van der Waals surface area contributed by atoms with Crippen LogP contribution in [-0.4, -0.2) is 28.3 Å². The van der Waals surface area contributed by atoms with Crippen LogP contribution in [0.3, 0.4) is 0 Å². The third-order valence-corrected chi connectivity index (χ3v) is 4.62. The molecule has 1 fully saturated rings. The quantitative estimate of drug-likeness (QED) is 0.917. The molecule has 0 saturated carbocycles. The van der Waals surface area contributed by atoms with E-state index in [2.05, 4.69) is 33.7 Å². The number of rotatable bonds is 2. The van der Waals surface area contributed by atoms with Crippen LogP contribution in [0.4, 0.5) is 5.69 Å². The topological polar surface area (TPSA) is 60.2 Å². The number of ether oxygens (including phenoxy) is 1. The molecule has 1 aromatic carbocycles. The van der Waals surface area contributed by atoms with Gasteiger partial charge in [-0.25, -0.2) is 0 Å². The number of aromatic nitrogens is 2. The standard InChI is InChI=1S/C14H15N3O2S/c1-2-4-10-9(3-1)7-11(15-10)14-16-13(17-19-14)12-8-20-6-5-18-12/h1-4,11-12,15H,5-8H2. The van der Waals surface area contributed by atoms with Gasteiger partial charge in [0.25, 0.3) is 0 Å². The van der Waals surface area contributed by atoms with Crippen molar-refractivity contribution in [3.63, 3.8) is 0 Å². The van der Waals surface area contributed by atoms with Crippen molar-refractivity contribution in [2.45, 2.75) is 18.6 Å². The van der Waals surface area contributed by atoms with Crippen molar-refractivity contribution >= 4 is 17.4 Å². The van der Waals surface area contributed by atoms with Gasteiger partial charge >= 0.3 is 0 Å². The highest BCUT2D eigenvalue weighted by Gasteiger charge is 2.29. The zero-order valence-electron chi connectivity index (χ0n) is 10.9. The first-order valence-corrected chi connectivity index (χ1v) is 7.93. The van der Waals surface area contributed by atoms with Crippen LogP contribution in [0.2, 0.25) is 0 Å². The normalized spacial score (nSPS) is 25.2. The van der Waals surface area contributed by atoms with Crippen molar-refractivity contribution < 1.29 is 9.26 Å². The minimum Gasteiger partial charge on any atom is -0.373 e. The predicted molar refractivity (Wildman–Crippen MR) is 76.8 cm³/mol. The summed E-state index contributed by atoms with van der Waals surface area (Å²) in [6.45, 7) is 0.756. The van der Waals surface area contributed by atoms with Crippen molar-refractivity contribution in [3.8, 4) is 0 Å². The third-order valence-electron chi connectivity index (χ3n) is 3.63. The number of hydrogen-bond acceptors (Lipinski definition) is 6. The van der Waals surface area contributed by atoms with E-state index < -0.39 is 0 Å². The molecule has 1 N–H and O–H groups in total. The van der Waals surface area contributed by atoms with E-state index in [4.69, 9.17) is 9.26 Å². The van der Waals surface area contributed by atoms with Gasteiger partial charge in [0.1, 0.15) is 12.1 Å². The maximum atomic E-state index is 5.68. The molecule has 2 aliphatic rings. The van der Waals surface area contributed by atoms with Gasteiger partial charge in [-0.1, -0.05) is 23.4 Å². The number of para-hydroxylation sites is 1. The zero-order valence-corrected chi connectivity index (χ0v) is 11.7. The zero-order chi connectivity index (χ0) is 13.4. The highest BCUT2D eigenvalue weighted by atomic mass is 32.2. The number of benzene rings is 1. The van der Waals surface area contributed by atoms with Gasteiger partial charge in [0.2, 0.25) is 11.7 Å². The molecule has 20 heavy (non-hydrogen) atoms. The summed E-state index contributed by atoms with van der Waals surface area (Å²) in [5, 5.41) is 7.51. The molecular weight excluding hydrogens is 274 g/mol. The van der Waals surface area contributed by atoms with Crippen LogP contribution in [0, 0.1) is 0 Å². The molecule has 104 valence electrons. The summed E-state index contributed by atoms with van der Waals surface area (Å²) in [7, 11) is 0. The van der Waals surface area contributed by atoms with Crippen LogP contribution in [0.25, 0.3) is 0 Å². The van der Waals surface area contributed by atoms with Gasteiger partial charge < -0.3 is 14.6 Å². The van der Waals surface area contributed by atoms with E-state index in [1.165, 1.54) is 5.56 Å². The Morgan fingerprint density at radius 3 is 3.10 bits per heavy atom. The molecule has 0 amide bonds. The van der Waals surface area contributed by atoms with Gasteiger partial charge in [0.05, 0.1) is 6.61 Å². The Morgan fingerprint density at radius 2 is 2.25 bits per heavy atom. The van der Waals surface area contributed by atoms with Gasteiger partial charge in [0, 0.05) is 23.6 Å². The van der Waals surface area contributed by atoms with Gasteiger partial charge in [-0.15, -0.1) is 0 Å². The van der Waals surface area contributed by atoms with E-state index in [0.29, 0.717) is 11.7 Å². The number of thioether (sulfide) groups is 1. The molecule has 2 aromatic rings. The number of hydrogen-bond donors (Lipinski definition) is 1. The Kier molecular flexibility index (Phi) is 3.12.